The topological polar surface area (TPSA) is 81.2 Å². The van der Waals surface area contributed by atoms with Crippen LogP contribution in [-0.4, -0.2) is 10.9 Å². The number of aromatic nitrogens is 1. The van der Waals surface area contributed by atoms with Gasteiger partial charge in [-0.2, -0.15) is 0 Å². The van der Waals surface area contributed by atoms with E-state index in [1.807, 2.05) is 0 Å². The van der Waals surface area contributed by atoms with Crippen LogP contribution in [0.1, 0.15) is 10.6 Å². The maximum absolute atomic E-state index is 12.2. The number of nitrogens with two attached hydrogens (primary N) is 1. The minimum Gasteiger partial charge on any atom is -0.430 e. The molecule has 0 unspecified atom stereocenters. The van der Waals surface area contributed by atoms with Crippen molar-refractivity contribution in [2.24, 2.45) is 0 Å². The molecule has 0 saturated carbocycles. The molecule has 3 rings (SSSR count). The molecule has 0 saturated heterocycles. The second kappa shape index (κ2) is 4.86. The summed E-state index contributed by atoms with van der Waals surface area (Å²) < 4.78 is 5.38. The molecule has 20 heavy (non-hydrogen) atoms. The molecule has 0 aliphatic heterocycles. The maximum atomic E-state index is 12.2. The van der Waals surface area contributed by atoms with Crippen LogP contribution in [0.25, 0.3) is 11.1 Å². The number of nitrogens with zero attached hydrogens (tertiary/aromatic N) is 1. The Morgan fingerprint density at radius 1 is 1.30 bits per heavy atom. The first kappa shape index (κ1) is 12.5. The number of hydrogen-bond acceptors (Lipinski definition) is 4. The van der Waals surface area contributed by atoms with Gasteiger partial charge in [-0.05, 0) is 30.3 Å². The number of pyridine rings is 1. The first-order valence-corrected chi connectivity index (χ1v) is 6.23. The third-order valence-electron chi connectivity index (χ3n) is 2.79. The molecule has 0 atom stereocenters. The van der Waals surface area contributed by atoms with E-state index >= 15 is 0 Å². The van der Waals surface area contributed by atoms with Gasteiger partial charge in [-0.25, -0.2) is 4.98 Å². The van der Waals surface area contributed by atoms with E-state index in [2.05, 4.69) is 10.3 Å². The zero-order valence-corrected chi connectivity index (χ0v) is 11.0. The van der Waals surface area contributed by atoms with E-state index in [4.69, 9.17) is 21.8 Å². The number of amides is 1. The minimum absolute atomic E-state index is 0.0404. The van der Waals surface area contributed by atoms with E-state index in [1.54, 1.807) is 42.6 Å². The van der Waals surface area contributed by atoms with E-state index in [-0.39, 0.29) is 11.4 Å². The molecule has 6 heteroatoms. The van der Waals surface area contributed by atoms with Gasteiger partial charge in [0.2, 0.25) is 11.5 Å². The summed E-state index contributed by atoms with van der Waals surface area (Å²) in [6.07, 6.45) is 1.57. The molecule has 3 N–H and O–H groups in total. The first-order chi connectivity index (χ1) is 9.65. The van der Waals surface area contributed by atoms with Crippen molar-refractivity contribution in [3.05, 3.63) is 53.4 Å². The van der Waals surface area contributed by atoms with Gasteiger partial charge >= 0.3 is 0 Å². The van der Waals surface area contributed by atoms with Crippen molar-refractivity contribution in [1.29, 1.82) is 0 Å². The SMILES string of the molecule is Nc1c(C(=O)Nc2cccc(Cl)c2)oc2ncccc12. The van der Waals surface area contributed by atoms with E-state index in [9.17, 15) is 4.79 Å². The Hall–Kier alpha value is -2.53. The molecular weight excluding hydrogens is 278 g/mol. The van der Waals surface area contributed by atoms with Crippen LogP contribution in [0.3, 0.4) is 0 Å². The number of nitrogens with one attached hydrogen (secondary N) is 1. The van der Waals surface area contributed by atoms with Crippen LogP contribution in [-0.2, 0) is 0 Å². The average molecular weight is 288 g/mol. The molecule has 3 aromatic rings. The van der Waals surface area contributed by atoms with Gasteiger partial charge in [0.25, 0.3) is 5.91 Å². The van der Waals surface area contributed by atoms with Gasteiger partial charge in [0.1, 0.15) is 0 Å². The highest BCUT2D eigenvalue weighted by molar-refractivity contribution is 6.31. The van der Waals surface area contributed by atoms with E-state index in [0.717, 1.165) is 0 Å². The molecule has 100 valence electrons. The number of halogens is 1. The lowest BCUT2D eigenvalue weighted by atomic mass is 10.2. The van der Waals surface area contributed by atoms with E-state index in [0.29, 0.717) is 21.8 Å². The van der Waals surface area contributed by atoms with E-state index in [1.165, 1.54) is 0 Å². The molecule has 0 spiro atoms. The van der Waals surface area contributed by atoms with Crippen LogP contribution in [0.2, 0.25) is 5.02 Å². The second-order valence-electron chi connectivity index (χ2n) is 4.17. The van der Waals surface area contributed by atoms with Gasteiger partial charge in [0.05, 0.1) is 11.1 Å². The average Bonchev–Trinajstić information content (AvgIpc) is 2.77. The fourth-order valence-electron chi connectivity index (χ4n) is 1.87. The van der Waals surface area contributed by atoms with Crippen molar-refractivity contribution in [3.8, 4) is 0 Å². The molecule has 1 amide bonds. The Balaban J connectivity index is 1.95. The second-order valence-corrected chi connectivity index (χ2v) is 4.60. The Morgan fingerprint density at radius 2 is 2.15 bits per heavy atom. The number of furan rings is 1. The van der Waals surface area contributed by atoms with Crippen LogP contribution in [0.15, 0.2) is 47.0 Å². The summed E-state index contributed by atoms with van der Waals surface area (Å²) in [6.45, 7) is 0. The summed E-state index contributed by atoms with van der Waals surface area (Å²) in [6, 6.07) is 10.3. The molecule has 2 aromatic heterocycles. The number of rotatable bonds is 2. The van der Waals surface area contributed by atoms with Crippen LogP contribution < -0.4 is 11.1 Å². The number of benzene rings is 1. The predicted molar refractivity (Wildman–Crippen MR) is 77.8 cm³/mol. The van der Waals surface area contributed by atoms with Crippen molar-refractivity contribution in [2.75, 3.05) is 11.1 Å². The molecule has 0 aliphatic carbocycles. The van der Waals surface area contributed by atoms with Gasteiger partial charge in [0, 0.05) is 16.9 Å². The van der Waals surface area contributed by atoms with Crippen molar-refractivity contribution in [2.45, 2.75) is 0 Å². The molecule has 1 aromatic carbocycles. The fraction of sp³-hybridized carbons (Fsp3) is 0. The summed E-state index contributed by atoms with van der Waals surface area (Å²) >= 11 is 5.86. The molecular formula is C14H10ClN3O2. The highest BCUT2D eigenvalue weighted by Crippen LogP contribution is 2.27. The number of anilines is 2. The lowest BCUT2D eigenvalue weighted by Gasteiger charge is -2.03. The molecule has 5 nitrogen and oxygen atoms in total. The standard InChI is InChI=1S/C14H10ClN3O2/c15-8-3-1-4-9(7-8)18-13(19)12-11(16)10-5-2-6-17-14(10)20-12/h1-7H,16H2,(H,18,19). The largest absolute Gasteiger partial charge is 0.430 e. The van der Waals surface area contributed by atoms with E-state index < -0.39 is 5.91 Å². The Bertz CT molecular complexity index is 798. The van der Waals surface area contributed by atoms with Crippen LogP contribution in [0.5, 0.6) is 0 Å². The zero-order chi connectivity index (χ0) is 14.1. The van der Waals surface area contributed by atoms with Crippen LogP contribution in [0, 0.1) is 0 Å². The smallest absolute Gasteiger partial charge is 0.293 e. The van der Waals surface area contributed by atoms with Crippen LogP contribution in [0.4, 0.5) is 11.4 Å². The number of carbonyl (C=O) groups is 1. The summed E-state index contributed by atoms with van der Waals surface area (Å²) in [5.41, 5.74) is 7.07. The number of carbonyl (C=O) groups excluding carboxylic acids is 1. The number of hydrogen-bond donors (Lipinski definition) is 2. The highest BCUT2D eigenvalue weighted by Gasteiger charge is 2.19. The summed E-state index contributed by atoms with van der Waals surface area (Å²) in [7, 11) is 0. The molecule has 0 radical (unpaired) electrons. The molecule has 0 aliphatic rings. The minimum atomic E-state index is -0.442. The number of fused-ring (bicyclic) bond motifs is 1. The van der Waals surface area contributed by atoms with Gasteiger partial charge in [-0.3, -0.25) is 4.79 Å². The third-order valence-corrected chi connectivity index (χ3v) is 3.03. The van der Waals surface area contributed by atoms with Gasteiger partial charge < -0.3 is 15.5 Å². The predicted octanol–water partition coefficient (Wildman–Crippen LogP) is 3.32. The van der Waals surface area contributed by atoms with Gasteiger partial charge in [0.15, 0.2) is 0 Å². The summed E-state index contributed by atoms with van der Waals surface area (Å²) in [4.78, 5) is 16.2. The Morgan fingerprint density at radius 3 is 2.90 bits per heavy atom. The lowest BCUT2D eigenvalue weighted by molar-refractivity contribution is 0.0999. The fourth-order valence-corrected chi connectivity index (χ4v) is 2.06. The van der Waals surface area contributed by atoms with Crippen molar-refractivity contribution in [3.63, 3.8) is 0 Å². The van der Waals surface area contributed by atoms with Gasteiger partial charge in [-0.15, -0.1) is 0 Å². The molecule has 0 fully saturated rings. The highest BCUT2D eigenvalue weighted by atomic mass is 35.5. The van der Waals surface area contributed by atoms with Crippen molar-refractivity contribution >= 4 is 40.0 Å². The van der Waals surface area contributed by atoms with Crippen molar-refractivity contribution in [1.82, 2.24) is 4.98 Å². The van der Waals surface area contributed by atoms with Crippen LogP contribution >= 0.6 is 11.6 Å². The van der Waals surface area contributed by atoms with Crippen molar-refractivity contribution < 1.29 is 9.21 Å². The maximum Gasteiger partial charge on any atom is 0.293 e. The summed E-state index contributed by atoms with van der Waals surface area (Å²) in [5, 5.41) is 3.82. The zero-order valence-electron chi connectivity index (χ0n) is 10.3. The normalized spacial score (nSPS) is 10.7. The Kier molecular flexibility index (Phi) is 3.04. The third kappa shape index (κ3) is 2.19. The first-order valence-electron chi connectivity index (χ1n) is 5.85. The summed E-state index contributed by atoms with van der Waals surface area (Å²) in [5.74, 6) is -0.401. The lowest BCUT2D eigenvalue weighted by Crippen LogP contribution is -2.12. The monoisotopic (exact) mass is 287 g/mol. The van der Waals surface area contributed by atoms with Gasteiger partial charge in [-0.1, -0.05) is 17.7 Å². The quantitative estimate of drug-likeness (QED) is 0.757. The molecule has 0 bridgehead atoms. The molecule has 2 heterocycles. The number of nitrogen functional groups attached to an aromatic ring is 1. The Labute approximate surface area is 119 Å².